The highest BCUT2D eigenvalue weighted by atomic mass is 35.5. The highest BCUT2D eigenvalue weighted by molar-refractivity contribution is 6.30. The lowest BCUT2D eigenvalue weighted by atomic mass is 10.2. The molecule has 2 amide bonds. The van der Waals surface area contributed by atoms with Gasteiger partial charge in [0.05, 0.1) is 0 Å². The van der Waals surface area contributed by atoms with E-state index >= 15 is 0 Å². The first-order valence-electron chi connectivity index (χ1n) is 8.39. The summed E-state index contributed by atoms with van der Waals surface area (Å²) in [6.45, 7) is 6.11. The van der Waals surface area contributed by atoms with Gasteiger partial charge in [0.25, 0.3) is 0 Å². The van der Waals surface area contributed by atoms with Crippen LogP contribution in [0, 0.1) is 6.92 Å². The van der Waals surface area contributed by atoms with Gasteiger partial charge >= 0.3 is 6.03 Å². The van der Waals surface area contributed by atoms with Gasteiger partial charge in [-0.05, 0) is 62.0 Å². The number of halogens is 1. The van der Waals surface area contributed by atoms with Crippen LogP contribution in [0.15, 0.2) is 42.5 Å². The van der Waals surface area contributed by atoms with E-state index in [2.05, 4.69) is 39.6 Å². The van der Waals surface area contributed by atoms with Crippen LogP contribution in [0.1, 0.15) is 5.56 Å². The van der Waals surface area contributed by atoms with Crippen LogP contribution in [0.4, 0.5) is 21.9 Å². The Kier molecular flexibility index (Phi) is 5.46. The Bertz CT molecular complexity index is 740. The lowest BCUT2D eigenvalue weighted by Crippen LogP contribution is -2.44. The normalized spacial score (nSPS) is 15.1. The fourth-order valence-electron chi connectivity index (χ4n) is 2.87. The molecular weight excluding hydrogens is 336 g/mol. The number of nitrogens with one attached hydrogen (secondary N) is 2. The maximum atomic E-state index is 12.2. The molecule has 6 heteroatoms. The second-order valence-corrected chi connectivity index (χ2v) is 6.81. The van der Waals surface area contributed by atoms with E-state index in [4.69, 9.17) is 11.6 Å². The molecule has 1 aliphatic heterocycles. The quantitative estimate of drug-likeness (QED) is 0.870. The van der Waals surface area contributed by atoms with E-state index < -0.39 is 0 Å². The number of benzene rings is 2. The number of hydrogen-bond acceptors (Lipinski definition) is 3. The Morgan fingerprint density at radius 3 is 2.32 bits per heavy atom. The number of hydrogen-bond donors (Lipinski definition) is 2. The molecule has 0 spiro atoms. The molecule has 0 unspecified atom stereocenters. The zero-order valence-electron chi connectivity index (χ0n) is 14.6. The zero-order valence-corrected chi connectivity index (χ0v) is 15.3. The first kappa shape index (κ1) is 17.6. The van der Waals surface area contributed by atoms with Crippen LogP contribution < -0.4 is 15.5 Å². The second-order valence-electron chi connectivity index (χ2n) is 6.38. The molecule has 1 saturated heterocycles. The molecule has 2 aromatic rings. The number of amides is 2. The molecule has 0 atom stereocenters. The Morgan fingerprint density at radius 2 is 1.68 bits per heavy atom. The van der Waals surface area contributed by atoms with Crippen LogP contribution in [0.2, 0.25) is 5.02 Å². The Hall–Kier alpha value is -2.24. The van der Waals surface area contributed by atoms with E-state index in [1.165, 1.54) is 5.69 Å². The molecule has 2 aromatic carbocycles. The molecule has 1 fully saturated rings. The first-order chi connectivity index (χ1) is 12.0. The van der Waals surface area contributed by atoms with Crippen molar-refractivity contribution in [1.82, 2.24) is 4.90 Å². The lowest BCUT2D eigenvalue weighted by Gasteiger charge is -2.34. The SMILES string of the molecule is Cc1cc(Cl)ccc1NC(=O)Nc1ccc(N2CCN(C)CC2)cc1. The fourth-order valence-corrected chi connectivity index (χ4v) is 3.10. The van der Waals surface area contributed by atoms with Gasteiger partial charge in [-0.1, -0.05) is 11.6 Å². The molecule has 5 nitrogen and oxygen atoms in total. The summed E-state index contributed by atoms with van der Waals surface area (Å²) in [6, 6.07) is 13.1. The van der Waals surface area contributed by atoms with Crippen LogP contribution >= 0.6 is 11.6 Å². The summed E-state index contributed by atoms with van der Waals surface area (Å²) < 4.78 is 0. The minimum Gasteiger partial charge on any atom is -0.369 e. The summed E-state index contributed by atoms with van der Waals surface area (Å²) in [4.78, 5) is 16.9. The molecule has 0 aromatic heterocycles. The predicted molar refractivity (Wildman–Crippen MR) is 105 cm³/mol. The summed E-state index contributed by atoms with van der Waals surface area (Å²) in [6.07, 6.45) is 0. The van der Waals surface area contributed by atoms with Crippen LogP contribution in [0.5, 0.6) is 0 Å². The van der Waals surface area contributed by atoms with E-state index in [0.29, 0.717) is 5.02 Å². The van der Waals surface area contributed by atoms with E-state index in [0.717, 1.165) is 43.1 Å². The first-order valence-corrected chi connectivity index (χ1v) is 8.77. The molecule has 25 heavy (non-hydrogen) atoms. The van der Waals surface area contributed by atoms with Gasteiger partial charge < -0.3 is 20.4 Å². The highest BCUT2D eigenvalue weighted by Crippen LogP contribution is 2.21. The summed E-state index contributed by atoms with van der Waals surface area (Å²) >= 11 is 5.94. The minimum atomic E-state index is -0.266. The molecule has 0 bridgehead atoms. The smallest absolute Gasteiger partial charge is 0.323 e. The minimum absolute atomic E-state index is 0.266. The van der Waals surface area contributed by atoms with Crippen LogP contribution in [-0.2, 0) is 0 Å². The van der Waals surface area contributed by atoms with Crippen molar-refractivity contribution in [3.8, 4) is 0 Å². The molecule has 132 valence electrons. The third kappa shape index (κ3) is 4.65. The molecular formula is C19H23ClN4O. The van der Waals surface area contributed by atoms with E-state index in [1.54, 1.807) is 12.1 Å². The lowest BCUT2D eigenvalue weighted by molar-refractivity contribution is 0.262. The molecule has 2 N–H and O–H groups in total. The molecule has 0 aliphatic carbocycles. The van der Waals surface area contributed by atoms with Gasteiger partial charge in [-0.15, -0.1) is 0 Å². The highest BCUT2D eigenvalue weighted by Gasteiger charge is 2.14. The van der Waals surface area contributed by atoms with E-state index in [9.17, 15) is 4.79 Å². The average molecular weight is 359 g/mol. The van der Waals surface area contributed by atoms with Crippen LogP contribution in [0.3, 0.4) is 0 Å². The van der Waals surface area contributed by atoms with E-state index in [1.807, 2.05) is 25.1 Å². The molecule has 0 saturated carbocycles. The molecule has 1 heterocycles. The maximum absolute atomic E-state index is 12.2. The number of carbonyl (C=O) groups excluding carboxylic acids is 1. The number of urea groups is 1. The average Bonchev–Trinajstić information content (AvgIpc) is 2.59. The van der Waals surface area contributed by atoms with E-state index in [-0.39, 0.29) is 6.03 Å². The van der Waals surface area contributed by atoms with Crippen molar-refractivity contribution >= 4 is 34.7 Å². The Balaban J connectivity index is 1.58. The molecule has 1 aliphatic rings. The van der Waals surface area contributed by atoms with Crippen molar-refractivity contribution in [2.24, 2.45) is 0 Å². The standard InChI is InChI=1S/C19H23ClN4O/c1-14-13-15(20)3-8-18(14)22-19(25)21-16-4-6-17(7-5-16)24-11-9-23(2)10-12-24/h3-8,13H,9-12H2,1-2H3,(H2,21,22,25). The summed E-state index contributed by atoms with van der Waals surface area (Å²) in [7, 11) is 2.14. The number of nitrogens with zero attached hydrogens (tertiary/aromatic N) is 2. The van der Waals surface area contributed by atoms with Gasteiger partial charge in [0.2, 0.25) is 0 Å². The topological polar surface area (TPSA) is 47.6 Å². The van der Waals surface area contributed by atoms with Crippen molar-refractivity contribution in [3.05, 3.63) is 53.1 Å². The Morgan fingerprint density at radius 1 is 1.00 bits per heavy atom. The number of anilines is 3. The summed E-state index contributed by atoms with van der Waals surface area (Å²) in [5.74, 6) is 0. The second kappa shape index (κ2) is 7.76. The summed E-state index contributed by atoms with van der Waals surface area (Å²) in [5.41, 5.74) is 3.62. The van der Waals surface area contributed by atoms with Gasteiger partial charge in [0.1, 0.15) is 0 Å². The van der Waals surface area contributed by atoms with Crippen molar-refractivity contribution in [2.45, 2.75) is 6.92 Å². The van der Waals surface area contributed by atoms with Gasteiger partial charge in [-0.2, -0.15) is 0 Å². The Labute approximate surface area is 153 Å². The van der Waals surface area contributed by atoms with Gasteiger partial charge in [0, 0.05) is 48.3 Å². The third-order valence-corrected chi connectivity index (χ3v) is 4.67. The number of carbonyl (C=O) groups is 1. The van der Waals surface area contributed by atoms with Gasteiger partial charge in [-0.25, -0.2) is 4.79 Å². The molecule has 3 rings (SSSR count). The number of piperazine rings is 1. The number of aryl methyl sites for hydroxylation is 1. The van der Waals surface area contributed by atoms with Crippen molar-refractivity contribution in [1.29, 1.82) is 0 Å². The van der Waals surface area contributed by atoms with Crippen molar-refractivity contribution in [2.75, 3.05) is 48.8 Å². The largest absolute Gasteiger partial charge is 0.369 e. The fraction of sp³-hybridized carbons (Fsp3) is 0.316. The van der Waals surface area contributed by atoms with Gasteiger partial charge in [-0.3, -0.25) is 0 Å². The predicted octanol–water partition coefficient (Wildman–Crippen LogP) is 4.04. The number of rotatable bonds is 3. The molecule has 0 radical (unpaired) electrons. The van der Waals surface area contributed by atoms with Gasteiger partial charge in [0.15, 0.2) is 0 Å². The monoisotopic (exact) mass is 358 g/mol. The number of likely N-dealkylation sites (N-methyl/N-ethyl adjacent to an activating group) is 1. The van der Waals surface area contributed by atoms with Crippen molar-refractivity contribution < 1.29 is 4.79 Å². The van der Waals surface area contributed by atoms with Crippen LogP contribution in [0.25, 0.3) is 0 Å². The zero-order chi connectivity index (χ0) is 17.8. The maximum Gasteiger partial charge on any atom is 0.323 e. The summed E-state index contributed by atoms with van der Waals surface area (Å²) in [5, 5.41) is 6.36. The van der Waals surface area contributed by atoms with Crippen LogP contribution in [-0.4, -0.2) is 44.2 Å². The van der Waals surface area contributed by atoms with Crippen molar-refractivity contribution in [3.63, 3.8) is 0 Å². The third-order valence-electron chi connectivity index (χ3n) is 4.43.